The number of sulfonamides is 1. The third-order valence-corrected chi connectivity index (χ3v) is 7.31. The van der Waals surface area contributed by atoms with Crippen molar-refractivity contribution in [1.82, 2.24) is 5.32 Å². The van der Waals surface area contributed by atoms with Gasteiger partial charge >= 0.3 is 0 Å². The Kier molecular flexibility index (Phi) is 8.77. The van der Waals surface area contributed by atoms with Gasteiger partial charge in [-0.1, -0.05) is 48.0 Å². The van der Waals surface area contributed by atoms with Gasteiger partial charge in [0.05, 0.1) is 18.5 Å². The van der Waals surface area contributed by atoms with Gasteiger partial charge in [-0.05, 0) is 42.0 Å². The number of amides is 1. The van der Waals surface area contributed by atoms with Crippen molar-refractivity contribution in [3.8, 4) is 0 Å². The number of rotatable bonds is 10. The molecule has 0 unspecified atom stereocenters. The largest absolute Gasteiger partial charge is 0.351 e. The molecule has 3 aromatic rings. The molecule has 0 bridgehead atoms. The van der Waals surface area contributed by atoms with Crippen LogP contribution in [-0.2, 0) is 22.3 Å². The summed E-state index contributed by atoms with van der Waals surface area (Å²) in [5, 5.41) is 3.21. The molecule has 1 amide bonds. The zero-order valence-electron chi connectivity index (χ0n) is 18.0. The zero-order chi connectivity index (χ0) is 23.8. The van der Waals surface area contributed by atoms with Gasteiger partial charge in [0, 0.05) is 34.2 Å². The first-order valence-corrected chi connectivity index (χ1v) is 13.5. The lowest BCUT2D eigenvalue weighted by molar-refractivity contribution is 0.0956. The van der Waals surface area contributed by atoms with Crippen molar-refractivity contribution in [2.24, 2.45) is 0 Å². The lowest BCUT2D eigenvalue weighted by Gasteiger charge is -2.22. The first-order chi connectivity index (χ1) is 15.8. The molecule has 0 saturated carbocycles. The van der Waals surface area contributed by atoms with Gasteiger partial charge in [0.2, 0.25) is 10.0 Å². The molecule has 0 saturated heterocycles. The summed E-state index contributed by atoms with van der Waals surface area (Å²) in [5.41, 5.74) is 2.22. The van der Waals surface area contributed by atoms with E-state index in [0.29, 0.717) is 39.9 Å². The number of halogens is 2. The van der Waals surface area contributed by atoms with E-state index in [9.17, 15) is 17.6 Å². The van der Waals surface area contributed by atoms with Gasteiger partial charge in [0.1, 0.15) is 5.82 Å². The van der Waals surface area contributed by atoms with E-state index in [1.807, 2.05) is 30.3 Å². The number of hydrogen-bond donors (Lipinski definition) is 1. The fourth-order valence-corrected chi connectivity index (χ4v) is 5.20. The van der Waals surface area contributed by atoms with Crippen molar-refractivity contribution in [1.29, 1.82) is 0 Å². The average molecular weight is 507 g/mol. The van der Waals surface area contributed by atoms with Crippen LogP contribution in [0.5, 0.6) is 0 Å². The van der Waals surface area contributed by atoms with Crippen LogP contribution >= 0.6 is 23.4 Å². The highest BCUT2D eigenvalue weighted by molar-refractivity contribution is 7.98. The molecule has 33 heavy (non-hydrogen) atoms. The Morgan fingerprint density at radius 2 is 1.73 bits per heavy atom. The number of carbonyl (C=O) groups excluding carboxylic acids is 1. The Bertz CT molecular complexity index is 1170. The zero-order valence-corrected chi connectivity index (χ0v) is 20.4. The molecular formula is C24H24ClFN2O3S2. The molecule has 0 aliphatic carbocycles. The van der Waals surface area contributed by atoms with E-state index < -0.39 is 10.0 Å². The molecule has 0 aliphatic rings. The monoisotopic (exact) mass is 506 g/mol. The number of anilines is 1. The van der Waals surface area contributed by atoms with Crippen molar-refractivity contribution >= 4 is 45.0 Å². The topological polar surface area (TPSA) is 66.5 Å². The van der Waals surface area contributed by atoms with Gasteiger partial charge in [0.25, 0.3) is 5.91 Å². The number of carbonyl (C=O) groups is 1. The maximum absolute atomic E-state index is 13.8. The van der Waals surface area contributed by atoms with Crippen LogP contribution in [0.2, 0.25) is 5.02 Å². The minimum Gasteiger partial charge on any atom is -0.351 e. The summed E-state index contributed by atoms with van der Waals surface area (Å²) in [5.74, 6) is 0.404. The molecule has 0 fully saturated rings. The molecule has 3 rings (SSSR count). The molecule has 0 atom stereocenters. The number of benzene rings is 3. The Morgan fingerprint density at radius 3 is 2.36 bits per heavy atom. The van der Waals surface area contributed by atoms with Crippen LogP contribution in [0.15, 0.2) is 72.8 Å². The van der Waals surface area contributed by atoms with E-state index in [2.05, 4.69) is 5.32 Å². The predicted molar refractivity (Wildman–Crippen MR) is 134 cm³/mol. The summed E-state index contributed by atoms with van der Waals surface area (Å²) in [7, 11) is -3.50. The molecule has 0 radical (unpaired) electrons. The minimum absolute atomic E-state index is 0.203. The minimum atomic E-state index is -3.50. The smallest absolute Gasteiger partial charge is 0.251 e. The van der Waals surface area contributed by atoms with Crippen LogP contribution in [0.3, 0.4) is 0 Å². The summed E-state index contributed by atoms with van der Waals surface area (Å²) in [6, 6.07) is 20.3. The van der Waals surface area contributed by atoms with Gasteiger partial charge < -0.3 is 5.32 Å². The lowest BCUT2D eigenvalue weighted by Crippen LogP contribution is -2.29. The van der Waals surface area contributed by atoms with Gasteiger partial charge in [0.15, 0.2) is 0 Å². The SMILES string of the molecule is CS(=O)(=O)N(Cc1ccccc1)c1ccc(C(=O)NCCSCc2c(F)cccc2Cl)cc1. The summed E-state index contributed by atoms with van der Waals surface area (Å²) >= 11 is 7.49. The fourth-order valence-electron chi connectivity index (χ4n) is 3.11. The Balaban J connectivity index is 1.54. The lowest BCUT2D eigenvalue weighted by atomic mass is 10.2. The highest BCUT2D eigenvalue weighted by Crippen LogP contribution is 2.24. The van der Waals surface area contributed by atoms with Crippen LogP contribution < -0.4 is 9.62 Å². The Hall–Kier alpha value is -2.55. The van der Waals surface area contributed by atoms with Gasteiger partial charge in [-0.2, -0.15) is 11.8 Å². The van der Waals surface area contributed by atoms with E-state index in [4.69, 9.17) is 11.6 Å². The maximum Gasteiger partial charge on any atom is 0.251 e. The quantitative estimate of drug-likeness (QED) is 0.388. The second-order valence-corrected chi connectivity index (χ2v) is 10.7. The van der Waals surface area contributed by atoms with E-state index in [-0.39, 0.29) is 18.3 Å². The van der Waals surface area contributed by atoms with Crippen molar-refractivity contribution in [3.63, 3.8) is 0 Å². The van der Waals surface area contributed by atoms with Crippen molar-refractivity contribution in [2.75, 3.05) is 22.9 Å². The molecule has 5 nitrogen and oxygen atoms in total. The fraction of sp³-hybridized carbons (Fsp3) is 0.208. The molecule has 0 spiro atoms. The number of nitrogens with zero attached hydrogens (tertiary/aromatic N) is 1. The molecule has 1 N–H and O–H groups in total. The normalized spacial score (nSPS) is 11.2. The number of nitrogens with one attached hydrogen (secondary N) is 1. The highest BCUT2D eigenvalue weighted by atomic mass is 35.5. The second-order valence-electron chi connectivity index (χ2n) is 7.31. The van der Waals surface area contributed by atoms with Gasteiger partial charge in [-0.15, -0.1) is 0 Å². The van der Waals surface area contributed by atoms with Gasteiger partial charge in [-0.3, -0.25) is 9.10 Å². The highest BCUT2D eigenvalue weighted by Gasteiger charge is 2.18. The molecule has 3 aromatic carbocycles. The Labute approximate surface area is 203 Å². The summed E-state index contributed by atoms with van der Waals surface area (Å²) in [4.78, 5) is 12.4. The second kappa shape index (κ2) is 11.5. The number of thioether (sulfide) groups is 1. The molecular weight excluding hydrogens is 483 g/mol. The van der Waals surface area contributed by atoms with Crippen LogP contribution in [0.1, 0.15) is 21.5 Å². The predicted octanol–water partition coefficient (Wildman–Crippen LogP) is 5.11. The van der Waals surface area contributed by atoms with E-state index in [0.717, 1.165) is 11.8 Å². The molecule has 174 valence electrons. The first-order valence-electron chi connectivity index (χ1n) is 10.2. The van der Waals surface area contributed by atoms with Crippen molar-refractivity contribution < 1.29 is 17.6 Å². The number of hydrogen-bond acceptors (Lipinski definition) is 4. The third kappa shape index (κ3) is 7.22. The maximum atomic E-state index is 13.8. The van der Waals surface area contributed by atoms with E-state index >= 15 is 0 Å². The van der Waals surface area contributed by atoms with Gasteiger partial charge in [-0.25, -0.2) is 12.8 Å². The molecule has 9 heteroatoms. The van der Waals surface area contributed by atoms with E-state index in [1.165, 1.54) is 22.1 Å². The summed E-state index contributed by atoms with van der Waals surface area (Å²) in [6.45, 7) is 0.606. The van der Waals surface area contributed by atoms with Crippen LogP contribution in [0.25, 0.3) is 0 Å². The van der Waals surface area contributed by atoms with Crippen molar-refractivity contribution in [2.45, 2.75) is 12.3 Å². The molecule has 0 aromatic heterocycles. The summed E-state index contributed by atoms with van der Waals surface area (Å²) in [6.07, 6.45) is 1.16. The van der Waals surface area contributed by atoms with E-state index in [1.54, 1.807) is 36.4 Å². The summed E-state index contributed by atoms with van der Waals surface area (Å²) < 4.78 is 39.7. The molecule has 0 heterocycles. The Morgan fingerprint density at radius 1 is 1.03 bits per heavy atom. The molecule has 0 aliphatic heterocycles. The van der Waals surface area contributed by atoms with Crippen LogP contribution in [0, 0.1) is 5.82 Å². The van der Waals surface area contributed by atoms with Crippen molar-refractivity contribution in [3.05, 3.63) is 100 Å². The van der Waals surface area contributed by atoms with Crippen LogP contribution in [-0.4, -0.2) is 32.9 Å². The average Bonchev–Trinajstić information content (AvgIpc) is 2.79. The third-order valence-electron chi connectivity index (χ3n) is 4.83. The van der Waals surface area contributed by atoms with Crippen LogP contribution in [0.4, 0.5) is 10.1 Å². The first kappa shape index (κ1) is 25.1. The standard InChI is InChI=1S/C24H24ClFN2O3S2/c1-33(30,31)28(16-18-6-3-2-4-7-18)20-12-10-19(11-13-20)24(29)27-14-15-32-17-21-22(25)8-5-9-23(21)26/h2-13H,14-17H2,1H3,(H,27,29).